The van der Waals surface area contributed by atoms with Gasteiger partial charge in [0.15, 0.2) is 0 Å². The van der Waals surface area contributed by atoms with Crippen molar-refractivity contribution < 1.29 is 4.74 Å². The third kappa shape index (κ3) is 1.94. The van der Waals surface area contributed by atoms with E-state index in [0.29, 0.717) is 19.0 Å². The van der Waals surface area contributed by atoms with Crippen LogP contribution in [0, 0.1) is 13.8 Å². The van der Waals surface area contributed by atoms with Gasteiger partial charge in [-0.25, -0.2) is 4.98 Å². The first-order valence-electron chi connectivity index (χ1n) is 6.41. The standard InChI is InChI=1S/C15H17N3O/c1-10-8-12-14(9-11(10)2)18-6-3-4-13(18)15(17-12)19-7-5-16/h3-4,6,8-9H,5,7,16H2,1-2H3. The highest BCUT2D eigenvalue weighted by Crippen LogP contribution is 2.26. The van der Waals surface area contributed by atoms with E-state index < -0.39 is 0 Å². The minimum absolute atomic E-state index is 0.476. The smallest absolute Gasteiger partial charge is 0.238 e. The number of aryl methyl sites for hydroxylation is 2. The lowest BCUT2D eigenvalue weighted by molar-refractivity contribution is 0.319. The van der Waals surface area contributed by atoms with Gasteiger partial charge in [-0.2, -0.15) is 0 Å². The predicted octanol–water partition coefficient (Wildman–Crippen LogP) is 2.44. The van der Waals surface area contributed by atoms with Crippen LogP contribution in [0.4, 0.5) is 0 Å². The van der Waals surface area contributed by atoms with Crippen LogP contribution in [0.15, 0.2) is 30.5 Å². The second-order valence-corrected chi connectivity index (χ2v) is 4.74. The Hall–Kier alpha value is -2.07. The Balaban J connectivity index is 2.31. The van der Waals surface area contributed by atoms with E-state index in [1.54, 1.807) is 0 Å². The second kappa shape index (κ2) is 4.55. The Bertz CT molecular complexity index is 746. The van der Waals surface area contributed by atoms with E-state index in [1.165, 1.54) is 11.1 Å². The zero-order valence-electron chi connectivity index (χ0n) is 11.2. The van der Waals surface area contributed by atoms with Crippen molar-refractivity contribution in [2.75, 3.05) is 13.2 Å². The molecule has 0 saturated heterocycles. The average Bonchev–Trinajstić information content (AvgIpc) is 2.87. The Kier molecular flexibility index (Phi) is 2.87. The first-order valence-corrected chi connectivity index (χ1v) is 6.41. The molecule has 0 spiro atoms. The predicted molar refractivity (Wildman–Crippen MR) is 76.7 cm³/mol. The summed E-state index contributed by atoms with van der Waals surface area (Å²) in [6.45, 7) is 5.17. The number of hydrogen-bond acceptors (Lipinski definition) is 3. The quantitative estimate of drug-likeness (QED) is 0.782. The van der Waals surface area contributed by atoms with Crippen molar-refractivity contribution in [1.29, 1.82) is 0 Å². The number of benzene rings is 1. The SMILES string of the molecule is Cc1cc2nc(OCCN)c3cccn3c2cc1C. The van der Waals surface area contributed by atoms with Crippen LogP contribution in [0.5, 0.6) is 5.88 Å². The third-order valence-electron chi connectivity index (χ3n) is 3.40. The fraction of sp³-hybridized carbons (Fsp3) is 0.267. The van der Waals surface area contributed by atoms with Gasteiger partial charge in [-0.05, 0) is 49.2 Å². The third-order valence-corrected chi connectivity index (χ3v) is 3.40. The fourth-order valence-corrected chi connectivity index (χ4v) is 2.26. The van der Waals surface area contributed by atoms with Crippen LogP contribution in [-0.4, -0.2) is 22.5 Å². The Morgan fingerprint density at radius 3 is 2.79 bits per heavy atom. The molecule has 1 aromatic carbocycles. The Morgan fingerprint density at radius 2 is 2.00 bits per heavy atom. The normalized spacial score (nSPS) is 11.3. The van der Waals surface area contributed by atoms with E-state index in [-0.39, 0.29) is 0 Å². The molecule has 0 unspecified atom stereocenters. The summed E-state index contributed by atoms with van der Waals surface area (Å²) in [6, 6.07) is 8.27. The van der Waals surface area contributed by atoms with Crippen molar-refractivity contribution in [1.82, 2.24) is 9.38 Å². The lowest BCUT2D eigenvalue weighted by Gasteiger charge is -2.11. The summed E-state index contributed by atoms with van der Waals surface area (Å²) in [5.41, 5.74) is 11.0. The van der Waals surface area contributed by atoms with Crippen LogP contribution in [0.3, 0.4) is 0 Å². The first-order chi connectivity index (χ1) is 9.20. The van der Waals surface area contributed by atoms with E-state index in [0.717, 1.165) is 16.6 Å². The molecule has 2 aromatic heterocycles. The molecule has 0 fully saturated rings. The van der Waals surface area contributed by atoms with Crippen LogP contribution in [0.2, 0.25) is 0 Å². The summed E-state index contributed by atoms with van der Waals surface area (Å²) in [4.78, 5) is 4.62. The number of hydrogen-bond donors (Lipinski definition) is 1. The lowest BCUT2D eigenvalue weighted by atomic mass is 10.1. The van der Waals surface area contributed by atoms with E-state index in [1.807, 2.05) is 18.3 Å². The molecule has 0 aliphatic carbocycles. The molecule has 0 aliphatic rings. The topological polar surface area (TPSA) is 52.5 Å². The van der Waals surface area contributed by atoms with Crippen molar-refractivity contribution in [2.24, 2.45) is 5.73 Å². The number of aromatic nitrogens is 2. The summed E-state index contributed by atoms with van der Waals surface area (Å²) in [5, 5.41) is 0. The van der Waals surface area contributed by atoms with Crippen LogP contribution >= 0.6 is 0 Å². The molecule has 2 heterocycles. The summed E-state index contributed by atoms with van der Waals surface area (Å²) in [7, 11) is 0. The van der Waals surface area contributed by atoms with Gasteiger partial charge in [-0.1, -0.05) is 0 Å². The number of rotatable bonds is 3. The minimum Gasteiger partial charge on any atom is -0.475 e. The molecule has 19 heavy (non-hydrogen) atoms. The molecule has 0 radical (unpaired) electrons. The van der Waals surface area contributed by atoms with Crippen LogP contribution in [0.1, 0.15) is 11.1 Å². The van der Waals surface area contributed by atoms with Gasteiger partial charge in [0.1, 0.15) is 12.1 Å². The van der Waals surface area contributed by atoms with Gasteiger partial charge in [-0.15, -0.1) is 0 Å². The molecule has 0 atom stereocenters. The monoisotopic (exact) mass is 255 g/mol. The molecule has 2 N–H and O–H groups in total. The van der Waals surface area contributed by atoms with Gasteiger partial charge in [0.2, 0.25) is 5.88 Å². The number of ether oxygens (including phenoxy) is 1. The maximum absolute atomic E-state index is 5.65. The van der Waals surface area contributed by atoms with Gasteiger partial charge in [0, 0.05) is 12.7 Å². The molecule has 0 aliphatic heterocycles. The molecule has 3 aromatic rings. The van der Waals surface area contributed by atoms with E-state index in [9.17, 15) is 0 Å². The Labute approximate surface area is 111 Å². The van der Waals surface area contributed by atoms with Gasteiger partial charge in [0.05, 0.1) is 11.0 Å². The highest BCUT2D eigenvalue weighted by molar-refractivity contribution is 5.82. The van der Waals surface area contributed by atoms with Crippen LogP contribution in [0.25, 0.3) is 16.6 Å². The molecule has 4 heteroatoms. The lowest BCUT2D eigenvalue weighted by Crippen LogP contribution is -2.12. The molecular formula is C15H17N3O. The van der Waals surface area contributed by atoms with Crippen molar-refractivity contribution in [2.45, 2.75) is 13.8 Å². The van der Waals surface area contributed by atoms with Crippen LogP contribution < -0.4 is 10.5 Å². The second-order valence-electron chi connectivity index (χ2n) is 4.74. The summed E-state index contributed by atoms with van der Waals surface area (Å²) < 4.78 is 7.76. The van der Waals surface area contributed by atoms with E-state index >= 15 is 0 Å². The highest BCUT2D eigenvalue weighted by atomic mass is 16.5. The summed E-state index contributed by atoms with van der Waals surface area (Å²) in [6.07, 6.45) is 2.03. The van der Waals surface area contributed by atoms with Crippen LogP contribution in [-0.2, 0) is 0 Å². The van der Waals surface area contributed by atoms with Gasteiger partial charge in [0.25, 0.3) is 0 Å². The van der Waals surface area contributed by atoms with Crippen molar-refractivity contribution in [3.8, 4) is 5.88 Å². The van der Waals surface area contributed by atoms with E-state index in [4.69, 9.17) is 10.5 Å². The summed E-state index contributed by atoms with van der Waals surface area (Å²) >= 11 is 0. The molecule has 0 amide bonds. The summed E-state index contributed by atoms with van der Waals surface area (Å²) in [5.74, 6) is 0.645. The fourth-order valence-electron chi connectivity index (χ4n) is 2.26. The molecule has 98 valence electrons. The maximum Gasteiger partial charge on any atom is 0.238 e. The maximum atomic E-state index is 5.65. The number of nitrogens with two attached hydrogens (primary N) is 1. The van der Waals surface area contributed by atoms with Crippen molar-refractivity contribution >= 4 is 16.6 Å². The average molecular weight is 255 g/mol. The highest BCUT2D eigenvalue weighted by Gasteiger charge is 2.10. The first kappa shape index (κ1) is 12.0. The van der Waals surface area contributed by atoms with Gasteiger partial charge >= 0.3 is 0 Å². The Morgan fingerprint density at radius 1 is 1.21 bits per heavy atom. The molecular weight excluding hydrogens is 238 g/mol. The molecule has 0 bridgehead atoms. The zero-order chi connectivity index (χ0) is 13.4. The van der Waals surface area contributed by atoms with Gasteiger partial charge < -0.3 is 14.9 Å². The zero-order valence-corrected chi connectivity index (χ0v) is 11.2. The van der Waals surface area contributed by atoms with Crippen molar-refractivity contribution in [3.05, 3.63) is 41.6 Å². The van der Waals surface area contributed by atoms with Gasteiger partial charge in [-0.3, -0.25) is 0 Å². The largest absolute Gasteiger partial charge is 0.475 e. The molecule has 4 nitrogen and oxygen atoms in total. The molecule has 3 rings (SSSR count). The molecule has 0 saturated carbocycles. The number of fused-ring (bicyclic) bond motifs is 3. The number of nitrogens with zero attached hydrogens (tertiary/aromatic N) is 2. The van der Waals surface area contributed by atoms with E-state index in [2.05, 4.69) is 35.4 Å². The van der Waals surface area contributed by atoms with Crippen molar-refractivity contribution in [3.63, 3.8) is 0 Å². The minimum atomic E-state index is 0.476.